The molecule has 0 amide bonds. The minimum absolute atomic E-state index is 0.353. The van der Waals surface area contributed by atoms with Gasteiger partial charge in [-0.25, -0.2) is 19.7 Å². The Morgan fingerprint density at radius 1 is 1.23 bits per heavy atom. The number of thiazole rings is 1. The van der Waals surface area contributed by atoms with E-state index in [9.17, 15) is 4.79 Å². The van der Waals surface area contributed by atoms with Crippen molar-refractivity contribution in [3.63, 3.8) is 0 Å². The smallest absolute Gasteiger partial charge is 0.340 e. The number of hydrogen-bond donors (Lipinski definition) is 1. The van der Waals surface area contributed by atoms with Crippen molar-refractivity contribution in [1.82, 2.24) is 15.0 Å². The molecule has 6 nitrogen and oxygen atoms in total. The molecule has 3 aromatic rings. The van der Waals surface area contributed by atoms with E-state index in [1.807, 2.05) is 25.3 Å². The summed E-state index contributed by atoms with van der Waals surface area (Å²) in [5.41, 5.74) is 1.81. The number of anilines is 2. The Hall–Kier alpha value is -2.80. The van der Waals surface area contributed by atoms with Crippen molar-refractivity contribution >= 4 is 28.9 Å². The Morgan fingerprint density at radius 2 is 2.08 bits per heavy atom. The van der Waals surface area contributed by atoms with Crippen LogP contribution in [0.15, 0.2) is 42.7 Å². The predicted molar refractivity (Wildman–Crippen MR) is 103 cm³/mol. The normalized spacial score (nSPS) is 10.5. The zero-order chi connectivity index (χ0) is 18.4. The number of benzene rings is 1. The van der Waals surface area contributed by atoms with Gasteiger partial charge in [0.05, 0.1) is 17.9 Å². The fourth-order valence-corrected chi connectivity index (χ4v) is 3.02. The summed E-state index contributed by atoms with van der Waals surface area (Å²) in [7, 11) is 0. The lowest BCUT2D eigenvalue weighted by Gasteiger charge is -2.11. The molecule has 134 valence electrons. The first-order chi connectivity index (χ1) is 12.7. The van der Waals surface area contributed by atoms with Gasteiger partial charge in [-0.05, 0) is 31.5 Å². The van der Waals surface area contributed by atoms with E-state index in [4.69, 9.17) is 4.74 Å². The van der Waals surface area contributed by atoms with Gasteiger partial charge in [0, 0.05) is 17.3 Å². The zero-order valence-electron chi connectivity index (χ0n) is 14.7. The molecule has 0 radical (unpaired) electrons. The first-order valence-corrected chi connectivity index (χ1v) is 9.28. The highest BCUT2D eigenvalue weighted by atomic mass is 32.1. The molecule has 0 saturated carbocycles. The molecule has 3 rings (SSSR count). The first kappa shape index (κ1) is 18.0. The fourth-order valence-electron chi connectivity index (χ4n) is 2.29. The van der Waals surface area contributed by atoms with Crippen LogP contribution in [0, 0.1) is 6.92 Å². The number of carbonyl (C=O) groups is 1. The molecule has 0 unspecified atom stereocenters. The highest BCUT2D eigenvalue weighted by Crippen LogP contribution is 2.25. The number of para-hydroxylation sites is 1. The van der Waals surface area contributed by atoms with Crippen molar-refractivity contribution in [2.24, 2.45) is 0 Å². The highest BCUT2D eigenvalue weighted by Gasteiger charge is 2.14. The molecular weight excluding hydrogens is 348 g/mol. The van der Waals surface area contributed by atoms with E-state index in [2.05, 4.69) is 27.2 Å². The van der Waals surface area contributed by atoms with E-state index >= 15 is 0 Å². The average molecular weight is 368 g/mol. The van der Waals surface area contributed by atoms with E-state index < -0.39 is 0 Å². The van der Waals surface area contributed by atoms with E-state index in [0.717, 1.165) is 28.4 Å². The summed E-state index contributed by atoms with van der Waals surface area (Å²) >= 11 is 1.57. The van der Waals surface area contributed by atoms with E-state index in [0.29, 0.717) is 23.8 Å². The molecule has 0 aliphatic carbocycles. The number of aromatic nitrogens is 3. The third-order valence-electron chi connectivity index (χ3n) is 3.62. The fraction of sp³-hybridized carbons (Fsp3) is 0.263. The molecule has 2 aromatic heterocycles. The molecule has 0 fully saturated rings. The minimum atomic E-state index is -0.353. The maximum Gasteiger partial charge on any atom is 0.340 e. The molecule has 1 aromatic carbocycles. The molecule has 0 bridgehead atoms. The van der Waals surface area contributed by atoms with Crippen molar-refractivity contribution in [2.75, 3.05) is 11.9 Å². The van der Waals surface area contributed by atoms with Crippen molar-refractivity contribution in [3.8, 4) is 10.7 Å². The van der Waals surface area contributed by atoms with Gasteiger partial charge in [0.25, 0.3) is 0 Å². The SMILES string of the molecule is CCCCOC(=O)c1ccccc1Nc1nccc(-c2ncc(C)s2)n1. The van der Waals surface area contributed by atoms with Gasteiger partial charge in [-0.15, -0.1) is 11.3 Å². The largest absolute Gasteiger partial charge is 0.462 e. The number of carbonyl (C=O) groups excluding carboxylic acids is 1. The number of nitrogens with zero attached hydrogens (tertiary/aromatic N) is 3. The molecular formula is C19H20N4O2S. The Morgan fingerprint density at radius 3 is 2.85 bits per heavy atom. The summed E-state index contributed by atoms with van der Waals surface area (Å²) in [6.45, 7) is 4.47. The van der Waals surface area contributed by atoms with Gasteiger partial charge in [0.15, 0.2) is 0 Å². The van der Waals surface area contributed by atoms with Crippen LogP contribution in [0.4, 0.5) is 11.6 Å². The first-order valence-electron chi connectivity index (χ1n) is 8.46. The van der Waals surface area contributed by atoms with Crippen molar-refractivity contribution < 1.29 is 9.53 Å². The Labute approximate surface area is 156 Å². The standard InChI is InChI=1S/C19H20N4O2S/c1-3-4-11-25-18(24)14-7-5-6-8-15(14)22-19-20-10-9-16(23-19)17-21-12-13(2)26-17/h5-10,12H,3-4,11H2,1-2H3,(H,20,22,23). The van der Waals surface area contributed by atoms with Gasteiger partial charge in [-0.3, -0.25) is 0 Å². The molecule has 2 heterocycles. The third kappa shape index (κ3) is 4.43. The van der Waals surface area contributed by atoms with Gasteiger partial charge < -0.3 is 10.1 Å². The maximum atomic E-state index is 12.3. The lowest BCUT2D eigenvalue weighted by Crippen LogP contribution is -2.09. The van der Waals surface area contributed by atoms with Gasteiger partial charge >= 0.3 is 5.97 Å². The number of rotatable bonds is 7. The summed E-state index contributed by atoms with van der Waals surface area (Å²) in [4.78, 5) is 26.5. The molecule has 0 spiro atoms. The van der Waals surface area contributed by atoms with Crippen molar-refractivity contribution in [3.05, 3.63) is 53.2 Å². The molecule has 0 atom stereocenters. The second-order valence-corrected chi connectivity index (χ2v) is 6.94. The molecule has 26 heavy (non-hydrogen) atoms. The molecule has 0 saturated heterocycles. The molecule has 0 aliphatic heterocycles. The van der Waals surface area contributed by atoms with Crippen LogP contribution in [0.25, 0.3) is 10.7 Å². The molecule has 0 aliphatic rings. The van der Waals surface area contributed by atoms with Crippen molar-refractivity contribution in [1.29, 1.82) is 0 Å². The van der Waals surface area contributed by atoms with Crippen LogP contribution >= 0.6 is 11.3 Å². The monoisotopic (exact) mass is 368 g/mol. The Bertz CT molecular complexity index is 895. The zero-order valence-corrected chi connectivity index (χ0v) is 15.5. The van der Waals surface area contributed by atoms with Crippen LogP contribution in [0.2, 0.25) is 0 Å². The van der Waals surface area contributed by atoms with E-state index in [1.165, 1.54) is 0 Å². The third-order valence-corrected chi connectivity index (χ3v) is 4.56. The summed E-state index contributed by atoms with van der Waals surface area (Å²) in [6, 6.07) is 9.00. The van der Waals surface area contributed by atoms with Crippen LogP contribution in [-0.4, -0.2) is 27.5 Å². The summed E-state index contributed by atoms with van der Waals surface area (Å²) < 4.78 is 5.31. The highest BCUT2D eigenvalue weighted by molar-refractivity contribution is 7.14. The number of nitrogens with one attached hydrogen (secondary N) is 1. The van der Waals surface area contributed by atoms with Crippen LogP contribution in [-0.2, 0) is 4.74 Å². The van der Waals surface area contributed by atoms with Gasteiger partial charge in [0.1, 0.15) is 10.7 Å². The summed E-state index contributed by atoms with van der Waals surface area (Å²) in [6.07, 6.45) is 5.31. The average Bonchev–Trinajstić information content (AvgIpc) is 3.09. The van der Waals surface area contributed by atoms with Crippen LogP contribution in [0.1, 0.15) is 35.0 Å². The van der Waals surface area contributed by atoms with E-state index in [-0.39, 0.29) is 5.97 Å². The second-order valence-electron chi connectivity index (χ2n) is 5.70. The van der Waals surface area contributed by atoms with E-state index in [1.54, 1.807) is 35.7 Å². The van der Waals surface area contributed by atoms with Crippen LogP contribution < -0.4 is 5.32 Å². The van der Waals surface area contributed by atoms with Crippen LogP contribution in [0.3, 0.4) is 0 Å². The molecule has 1 N–H and O–H groups in total. The lowest BCUT2D eigenvalue weighted by molar-refractivity contribution is 0.0501. The van der Waals surface area contributed by atoms with Gasteiger partial charge in [-0.2, -0.15) is 0 Å². The number of hydrogen-bond acceptors (Lipinski definition) is 7. The Kier molecular flexibility index (Phi) is 5.91. The lowest BCUT2D eigenvalue weighted by atomic mass is 10.2. The van der Waals surface area contributed by atoms with Crippen molar-refractivity contribution in [2.45, 2.75) is 26.7 Å². The summed E-state index contributed by atoms with van der Waals surface area (Å²) in [5.74, 6) is 0.0532. The van der Waals surface area contributed by atoms with Gasteiger partial charge in [-0.1, -0.05) is 25.5 Å². The maximum absolute atomic E-state index is 12.3. The predicted octanol–water partition coefficient (Wildman–Crippen LogP) is 4.61. The summed E-state index contributed by atoms with van der Waals surface area (Å²) in [5, 5.41) is 3.95. The topological polar surface area (TPSA) is 77.0 Å². The second kappa shape index (κ2) is 8.53. The Balaban J connectivity index is 1.80. The number of ether oxygens (including phenoxy) is 1. The quantitative estimate of drug-likeness (QED) is 0.485. The number of aryl methyl sites for hydroxylation is 1. The minimum Gasteiger partial charge on any atom is -0.462 e. The molecule has 7 heteroatoms. The number of unbranched alkanes of at least 4 members (excludes halogenated alkanes) is 1. The number of esters is 1. The van der Waals surface area contributed by atoms with Gasteiger partial charge in [0.2, 0.25) is 5.95 Å². The van der Waals surface area contributed by atoms with Crippen LogP contribution in [0.5, 0.6) is 0 Å².